The summed E-state index contributed by atoms with van der Waals surface area (Å²) < 4.78 is 25.1. The minimum absolute atomic E-state index is 0.202. The van der Waals surface area contributed by atoms with Crippen LogP contribution in [0.2, 0.25) is 0 Å². The maximum absolute atomic E-state index is 11.5. The van der Waals surface area contributed by atoms with Gasteiger partial charge in [-0.15, -0.1) is 0 Å². The molecule has 0 aliphatic heterocycles. The van der Waals surface area contributed by atoms with E-state index in [9.17, 15) is 8.42 Å². The average Bonchev–Trinajstić information content (AvgIpc) is 2.04. The Morgan fingerprint density at radius 2 is 1.93 bits per heavy atom. The van der Waals surface area contributed by atoms with Gasteiger partial charge in [0, 0.05) is 0 Å². The number of sulfonamides is 1. The lowest BCUT2D eigenvalue weighted by Gasteiger charge is -2.19. The van der Waals surface area contributed by atoms with Crippen molar-refractivity contribution in [2.75, 3.05) is 0 Å². The molecule has 0 aromatic heterocycles. The number of nitrogens with zero attached hydrogens (tertiary/aromatic N) is 2. The highest BCUT2D eigenvalue weighted by molar-refractivity contribution is 7.90. The zero-order chi connectivity index (χ0) is 11.4. The Morgan fingerprint density at radius 3 is 2.21 bits per heavy atom. The molecular formula is C8H13N3O2S. The van der Waals surface area contributed by atoms with Gasteiger partial charge in [0.15, 0.2) is 5.25 Å². The van der Waals surface area contributed by atoms with Gasteiger partial charge in [-0.1, -0.05) is 6.92 Å². The number of nitrogens with one attached hydrogen (secondary N) is 1. The largest absolute Gasteiger partial charge is 0.229 e. The molecule has 0 saturated carbocycles. The first kappa shape index (κ1) is 12.9. The van der Waals surface area contributed by atoms with Crippen LogP contribution in [0.15, 0.2) is 0 Å². The third-order valence-corrected chi connectivity index (χ3v) is 3.55. The molecule has 1 unspecified atom stereocenters. The second kappa shape index (κ2) is 4.41. The summed E-state index contributed by atoms with van der Waals surface area (Å²) in [5, 5.41) is 16.1. The van der Waals surface area contributed by atoms with Gasteiger partial charge in [-0.2, -0.15) is 15.2 Å². The first-order valence-corrected chi connectivity index (χ1v) is 5.67. The van der Waals surface area contributed by atoms with E-state index < -0.39 is 20.8 Å². The molecule has 5 nitrogen and oxygen atoms in total. The van der Waals surface area contributed by atoms with Crippen LogP contribution in [0.3, 0.4) is 0 Å². The monoisotopic (exact) mass is 215 g/mol. The second-order valence-corrected chi connectivity index (χ2v) is 5.27. The fourth-order valence-corrected chi connectivity index (χ4v) is 2.31. The normalized spacial score (nSPS) is 14.1. The van der Waals surface area contributed by atoms with Crippen molar-refractivity contribution < 1.29 is 8.42 Å². The van der Waals surface area contributed by atoms with Gasteiger partial charge in [-0.05, 0) is 20.3 Å². The predicted octanol–water partition coefficient (Wildman–Crippen LogP) is 0.510. The Morgan fingerprint density at radius 1 is 1.43 bits per heavy atom. The van der Waals surface area contributed by atoms with Gasteiger partial charge in [-0.25, -0.2) is 8.42 Å². The van der Waals surface area contributed by atoms with Crippen LogP contribution in [-0.2, 0) is 10.0 Å². The summed E-state index contributed by atoms with van der Waals surface area (Å²) >= 11 is 0. The van der Waals surface area contributed by atoms with Crippen molar-refractivity contribution >= 4 is 10.0 Å². The SMILES string of the molecule is CCC(C#N)S(=O)(=O)NC(C)(C)C#N. The molecule has 0 saturated heterocycles. The molecule has 0 aromatic rings. The van der Waals surface area contributed by atoms with Gasteiger partial charge < -0.3 is 0 Å². The molecule has 0 fully saturated rings. The van der Waals surface area contributed by atoms with E-state index in [4.69, 9.17) is 10.5 Å². The topological polar surface area (TPSA) is 93.8 Å². The molecule has 14 heavy (non-hydrogen) atoms. The maximum atomic E-state index is 11.5. The third-order valence-electron chi connectivity index (χ3n) is 1.57. The van der Waals surface area contributed by atoms with Gasteiger partial charge in [0.2, 0.25) is 10.0 Å². The lowest BCUT2D eigenvalue weighted by molar-refractivity contribution is 0.529. The first-order chi connectivity index (χ1) is 6.29. The van der Waals surface area contributed by atoms with Gasteiger partial charge in [0.25, 0.3) is 0 Å². The molecule has 0 bridgehead atoms. The molecule has 6 heteroatoms. The van der Waals surface area contributed by atoms with Crippen molar-refractivity contribution in [3.05, 3.63) is 0 Å². The van der Waals surface area contributed by atoms with Crippen molar-refractivity contribution in [1.82, 2.24) is 4.72 Å². The molecule has 0 aliphatic rings. The summed E-state index contributed by atoms with van der Waals surface area (Å²) in [5.41, 5.74) is -1.18. The van der Waals surface area contributed by atoms with Crippen LogP contribution in [0, 0.1) is 22.7 Å². The fourth-order valence-electron chi connectivity index (χ4n) is 0.830. The molecule has 0 radical (unpaired) electrons. The number of hydrogen-bond acceptors (Lipinski definition) is 4. The molecule has 0 aliphatic carbocycles. The summed E-state index contributed by atoms with van der Waals surface area (Å²) in [6, 6.07) is 3.48. The molecule has 1 atom stereocenters. The van der Waals surface area contributed by atoms with E-state index >= 15 is 0 Å². The van der Waals surface area contributed by atoms with Crippen LogP contribution in [0.25, 0.3) is 0 Å². The fraction of sp³-hybridized carbons (Fsp3) is 0.750. The van der Waals surface area contributed by atoms with Crippen LogP contribution in [-0.4, -0.2) is 19.2 Å². The zero-order valence-corrected chi connectivity index (χ0v) is 9.22. The van der Waals surface area contributed by atoms with E-state index in [-0.39, 0.29) is 6.42 Å². The molecule has 0 heterocycles. The van der Waals surface area contributed by atoms with Crippen molar-refractivity contribution in [2.24, 2.45) is 0 Å². The molecule has 0 rings (SSSR count). The van der Waals surface area contributed by atoms with E-state index in [1.54, 1.807) is 19.1 Å². The molecule has 0 aromatic carbocycles. The summed E-state index contributed by atoms with van der Waals surface area (Å²) in [4.78, 5) is 0. The predicted molar refractivity (Wildman–Crippen MR) is 51.4 cm³/mol. The minimum atomic E-state index is -3.73. The van der Waals surface area contributed by atoms with E-state index in [1.165, 1.54) is 13.8 Å². The van der Waals surface area contributed by atoms with Gasteiger partial charge in [0.1, 0.15) is 5.54 Å². The van der Waals surface area contributed by atoms with E-state index in [0.717, 1.165) is 0 Å². The molecule has 0 amide bonds. The smallest absolute Gasteiger partial charge is 0.211 e. The van der Waals surface area contributed by atoms with Crippen molar-refractivity contribution in [3.8, 4) is 12.1 Å². The second-order valence-electron chi connectivity index (χ2n) is 3.41. The first-order valence-electron chi connectivity index (χ1n) is 4.12. The quantitative estimate of drug-likeness (QED) is 0.739. The summed E-state index contributed by atoms with van der Waals surface area (Å²) in [6.07, 6.45) is 0.202. The van der Waals surface area contributed by atoms with E-state index in [1.807, 2.05) is 0 Å². The standard InChI is InChI=1S/C8H13N3O2S/c1-4-7(5-9)14(12,13)11-8(2,3)6-10/h7,11H,4H2,1-3H3. The zero-order valence-electron chi connectivity index (χ0n) is 8.40. The van der Waals surface area contributed by atoms with Crippen molar-refractivity contribution in [1.29, 1.82) is 10.5 Å². The van der Waals surface area contributed by atoms with Gasteiger partial charge >= 0.3 is 0 Å². The van der Waals surface area contributed by atoms with E-state index in [2.05, 4.69) is 4.72 Å². The van der Waals surface area contributed by atoms with Crippen molar-refractivity contribution in [3.63, 3.8) is 0 Å². The Labute approximate surface area is 84.4 Å². The highest BCUT2D eigenvalue weighted by Crippen LogP contribution is 2.08. The Hall–Kier alpha value is -1.11. The third kappa shape index (κ3) is 3.33. The van der Waals surface area contributed by atoms with Crippen LogP contribution in [0.4, 0.5) is 0 Å². The van der Waals surface area contributed by atoms with Crippen LogP contribution in [0.1, 0.15) is 27.2 Å². The van der Waals surface area contributed by atoms with Crippen LogP contribution in [0.5, 0.6) is 0 Å². The molecule has 78 valence electrons. The summed E-state index contributed by atoms with van der Waals surface area (Å²) in [7, 11) is -3.73. The highest BCUT2D eigenvalue weighted by Gasteiger charge is 2.30. The molecule has 0 spiro atoms. The molecule has 1 N–H and O–H groups in total. The Bertz CT molecular complexity index is 372. The Kier molecular flexibility index (Phi) is 4.06. The number of nitriles is 2. The maximum Gasteiger partial charge on any atom is 0.229 e. The highest BCUT2D eigenvalue weighted by atomic mass is 32.2. The van der Waals surface area contributed by atoms with E-state index in [0.29, 0.717) is 0 Å². The van der Waals surface area contributed by atoms with Crippen LogP contribution >= 0.6 is 0 Å². The average molecular weight is 215 g/mol. The summed E-state index contributed by atoms with van der Waals surface area (Å²) in [6.45, 7) is 4.48. The molecular weight excluding hydrogens is 202 g/mol. The number of hydrogen-bond donors (Lipinski definition) is 1. The van der Waals surface area contributed by atoms with Gasteiger partial charge in [0.05, 0.1) is 12.1 Å². The lowest BCUT2D eigenvalue weighted by Crippen LogP contribution is -2.46. The van der Waals surface area contributed by atoms with Gasteiger partial charge in [-0.3, -0.25) is 0 Å². The minimum Gasteiger partial charge on any atom is -0.211 e. The van der Waals surface area contributed by atoms with Crippen molar-refractivity contribution in [2.45, 2.75) is 38.0 Å². The number of rotatable bonds is 4. The van der Waals surface area contributed by atoms with Crippen LogP contribution < -0.4 is 4.72 Å². The Balaban J connectivity index is 4.87. The lowest BCUT2D eigenvalue weighted by atomic mass is 10.1. The summed E-state index contributed by atoms with van der Waals surface area (Å²) in [5.74, 6) is 0.